The molecule has 0 saturated carbocycles. The van der Waals surface area contributed by atoms with Gasteiger partial charge < -0.3 is 0 Å². The minimum absolute atomic E-state index is 0. The first-order valence-corrected chi connectivity index (χ1v) is 8.65. The van der Waals surface area contributed by atoms with E-state index in [0.29, 0.717) is 0 Å². The van der Waals surface area contributed by atoms with Crippen LogP contribution in [0.3, 0.4) is 0 Å². The molecule has 3 aromatic carbocycles. The molecule has 0 N–H and O–H groups in total. The number of benzene rings is 3. The Bertz CT molecular complexity index is 678. The van der Waals surface area contributed by atoms with Crippen LogP contribution in [0.1, 0.15) is 67.5 Å². The zero-order chi connectivity index (χ0) is 17.1. The molecule has 0 saturated heterocycles. The van der Waals surface area contributed by atoms with Gasteiger partial charge in [-0.2, -0.15) is 0 Å². The Labute approximate surface area is 151 Å². The Morgan fingerprint density at radius 2 is 1.00 bits per heavy atom. The van der Waals surface area contributed by atoms with E-state index in [4.69, 9.17) is 0 Å². The maximum absolute atomic E-state index is 2.24. The molecular formula is C24H40. The van der Waals surface area contributed by atoms with Crippen molar-refractivity contribution in [1.29, 1.82) is 0 Å². The molecule has 0 aromatic heterocycles. The van der Waals surface area contributed by atoms with Gasteiger partial charge in [0.05, 0.1) is 0 Å². The SMILES string of the molecule is C.C.CC.CC.CC.Cc1ccc2c(ccc3ccccc32)c1C. The van der Waals surface area contributed by atoms with Gasteiger partial charge in [-0.3, -0.25) is 0 Å². The van der Waals surface area contributed by atoms with E-state index in [1.54, 1.807) is 0 Å². The van der Waals surface area contributed by atoms with Gasteiger partial charge in [0.15, 0.2) is 0 Å². The highest BCUT2D eigenvalue weighted by Crippen LogP contribution is 2.28. The summed E-state index contributed by atoms with van der Waals surface area (Å²) in [6, 6.07) is 17.5. The van der Waals surface area contributed by atoms with Crippen molar-refractivity contribution in [1.82, 2.24) is 0 Å². The largest absolute Gasteiger partial charge is 0.0776 e. The fourth-order valence-corrected chi connectivity index (χ4v) is 2.35. The molecule has 0 amide bonds. The summed E-state index contributed by atoms with van der Waals surface area (Å²) in [5.74, 6) is 0. The summed E-state index contributed by atoms with van der Waals surface area (Å²) < 4.78 is 0. The molecule has 0 aliphatic rings. The second kappa shape index (κ2) is 14.8. The lowest BCUT2D eigenvalue weighted by atomic mass is 9.96. The Balaban J connectivity index is -0.000000501. The van der Waals surface area contributed by atoms with Gasteiger partial charge in [-0.25, -0.2) is 0 Å². The van der Waals surface area contributed by atoms with Gasteiger partial charge in [0.2, 0.25) is 0 Å². The molecule has 3 rings (SSSR count). The Morgan fingerprint density at radius 3 is 1.58 bits per heavy atom. The number of rotatable bonds is 0. The lowest BCUT2D eigenvalue weighted by Gasteiger charge is -2.08. The van der Waals surface area contributed by atoms with Gasteiger partial charge in [0.1, 0.15) is 0 Å². The Morgan fingerprint density at radius 1 is 0.500 bits per heavy atom. The van der Waals surface area contributed by atoms with Crippen molar-refractivity contribution in [3.8, 4) is 0 Å². The predicted octanol–water partition coefficient (Wildman–Crippen LogP) is 8.96. The zero-order valence-corrected chi connectivity index (χ0v) is 15.6. The highest BCUT2D eigenvalue weighted by Gasteiger charge is 2.03. The average molecular weight is 329 g/mol. The first kappa shape index (κ1) is 27.0. The molecule has 0 atom stereocenters. The summed E-state index contributed by atoms with van der Waals surface area (Å²) in [5.41, 5.74) is 2.76. The van der Waals surface area contributed by atoms with Crippen LogP contribution in [-0.4, -0.2) is 0 Å². The van der Waals surface area contributed by atoms with Crippen molar-refractivity contribution in [2.45, 2.75) is 70.2 Å². The van der Waals surface area contributed by atoms with Crippen LogP contribution < -0.4 is 0 Å². The third-order valence-electron chi connectivity index (χ3n) is 3.47. The van der Waals surface area contributed by atoms with Gasteiger partial charge in [-0.15, -0.1) is 0 Å². The lowest BCUT2D eigenvalue weighted by molar-refractivity contribution is 1.38. The fraction of sp³-hybridized carbons (Fsp3) is 0.417. The van der Waals surface area contributed by atoms with Crippen molar-refractivity contribution < 1.29 is 0 Å². The van der Waals surface area contributed by atoms with Crippen molar-refractivity contribution in [2.75, 3.05) is 0 Å². The minimum atomic E-state index is 0. The molecule has 0 unspecified atom stereocenters. The maximum atomic E-state index is 2.24. The molecule has 0 fully saturated rings. The van der Waals surface area contributed by atoms with Gasteiger partial charge in [-0.05, 0) is 46.5 Å². The van der Waals surface area contributed by atoms with Crippen molar-refractivity contribution in [3.63, 3.8) is 0 Å². The Kier molecular flexibility index (Phi) is 16.6. The quantitative estimate of drug-likeness (QED) is 0.361. The third kappa shape index (κ3) is 6.00. The molecule has 0 spiro atoms. The van der Waals surface area contributed by atoms with E-state index in [1.165, 1.54) is 32.7 Å². The summed E-state index contributed by atoms with van der Waals surface area (Å²) in [4.78, 5) is 0. The van der Waals surface area contributed by atoms with E-state index in [9.17, 15) is 0 Å². The molecule has 0 heteroatoms. The highest BCUT2D eigenvalue weighted by atomic mass is 14.1. The van der Waals surface area contributed by atoms with E-state index in [0.717, 1.165) is 0 Å². The first-order chi connectivity index (χ1) is 10.8. The molecule has 136 valence electrons. The minimum Gasteiger partial charge on any atom is -0.0776 e. The third-order valence-corrected chi connectivity index (χ3v) is 3.47. The molecular weight excluding hydrogens is 288 g/mol. The summed E-state index contributed by atoms with van der Waals surface area (Å²) in [5, 5.41) is 5.40. The van der Waals surface area contributed by atoms with Crippen molar-refractivity contribution in [2.24, 2.45) is 0 Å². The molecule has 0 radical (unpaired) electrons. The summed E-state index contributed by atoms with van der Waals surface area (Å²) >= 11 is 0. The molecule has 0 aliphatic carbocycles. The average Bonchev–Trinajstić information content (AvgIpc) is 2.63. The maximum Gasteiger partial charge on any atom is -0.0103 e. The molecule has 0 heterocycles. The van der Waals surface area contributed by atoms with E-state index < -0.39 is 0 Å². The van der Waals surface area contributed by atoms with Gasteiger partial charge in [-0.1, -0.05) is 105 Å². The van der Waals surface area contributed by atoms with Gasteiger partial charge in [0.25, 0.3) is 0 Å². The first-order valence-electron chi connectivity index (χ1n) is 8.65. The van der Waals surface area contributed by atoms with Crippen LogP contribution >= 0.6 is 0 Å². The van der Waals surface area contributed by atoms with E-state index in [2.05, 4.69) is 62.4 Å². The second-order valence-corrected chi connectivity index (χ2v) is 4.39. The summed E-state index contributed by atoms with van der Waals surface area (Å²) in [7, 11) is 0. The molecule has 0 nitrogen and oxygen atoms in total. The number of aryl methyl sites for hydroxylation is 2. The van der Waals surface area contributed by atoms with Crippen molar-refractivity contribution in [3.05, 3.63) is 59.7 Å². The van der Waals surface area contributed by atoms with Crippen LogP contribution in [0.15, 0.2) is 48.5 Å². The topological polar surface area (TPSA) is 0 Å². The van der Waals surface area contributed by atoms with Crippen LogP contribution in [0.2, 0.25) is 0 Å². The van der Waals surface area contributed by atoms with Crippen LogP contribution in [0, 0.1) is 13.8 Å². The summed E-state index contributed by atoms with van der Waals surface area (Å²) in [6.07, 6.45) is 0. The van der Waals surface area contributed by atoms with E-state index >= 15 is 0 Å². The monoisotopic (exact) mass is 328 g/mol. The second-order valence-electron chi connectivity index (χ2n) is 4.39. The molecule has 3 aromatic rings. The van der Waals surface area contributed by atoms with Crippen LogP contribution in [-0.2, 0) is 0 Å². The van der Waals surface area contributed by atoms with Gasteiger partial charge in [0, 0.05) is 0 Å². The van der Waals surface area contributed by atoms with Gasteiger partial charge >= 0.3 is 0 Å². The van der Waals surface area contributed by atoms with Crippen LogP contribution in [0.25, 0.3) is 21.5 Å². The number of hydrogen-bond donors (Lipinski definition) is 0. The Hall–Kier alpha value is -1.82. The summed E-state index contributed by atoms with van der Waals surface area (Å²) in [6.45, 7) is 16.4. The van der Waals surface area contributed by atoms with Crippen LogP contribution in [0.5, 0.6) is 0 Å². The normalized spacial score (nSPS) is 8.17. The van der Waals surface area contributed by atoms with E-state index in [1.807, 2.05) is 41.5 Å². The van der Waals surface area contributed by atoms with Crippen molar-refractivity contribution >= 4 is 21.5 Å². The molecule has 24 heavy (non-hydrogen) atoms. The predicted molar refractivity (Wildman–Crippen MR) is 118 cm³/mol. The molecule has 0 bridgehead atoms. The van der Waals surface area contributed by atoms with E-state index in [-0.39, 0.29) is 14.9 Å². The lowest BCUT2D eigenvalue weighted by Crippen LogP contribution is -1.84. The zero-order valence-electron chi connectivity index (χ0n) is 15.6. The number of hydrogen-bond acceptors (Lipinski definition) is 0. The molecule has 0 aliphatic heterocycles. The standard InChI is InChI=1S/C16H14.3C2H6.2CH4/c1-11-7-9-16-14(12(11)2)10-8-13-5-3-4-6-15(13)16;3*1-2;;/h3-10H,1-2H3;3*1-2H3;2*1H4. The highest BCUT2D eigenvalue weighted by molar-refractivity contribution is 6.08. The number of fused-ring (bicyclic) bond motifs is 3. The van der Waals surface area contributed by atoms with Crippen LogP contribution in [0.4, 0.5) is 0 Å². The smallest absolute Gasteiger partial charge is 0.0103 e. The fourth-order valence-electron chi connectivity index (χ4n) is 2.35.